The second-order valence-corrected chi connectivity index (χ2v) is 5.29. The van der Waals surface area contributed by atoms with Crippen LogP contribution in [0.5, 0.6) is 0 Å². The predicted octanol–water partition coefficient (Wildman–Crippen LogP) is 1.44. The van der Waals surface area contributed by atoms with Crippen LogP contribution in [0.3, 0.4) is 0 Å². The Morgan fingerprint density at radius 3 is 2.16 bits per heavy atom. The molecule has 19 heavy (non-hydrogen) atoms. The molecule has 2 unspecified atom stereocenters. The van der Waals surface area contributed by atoms with Crippen LogP contribution >= 0.6 is 0 Å². The summed E-state index contributed by atoms with van der Waals surface area (Å²) < 4.78 is 44.9. The molecule has 0 spiro atoms. The molecule has 2 atom stereocenters. The van der Waals surface area contributed by atoms with Crippen molar-refractivity contribution in [1.82, 2.24) is 5.32 Å². The lowest BCUT2D eigenvalue weighted by Crippen LogP contribution is -2.58. The van der Waals surface area contributed by atoms with Gasteiger partial charge >= 0.3 is 0 Å². The molecule has 6 heteroatoms. The summed E-state index contributed by atoms with van der Waals surface area (Å²) in [6.45, 7) is 0.899. The van der Waals surface area contributed by atoms with Crippen molar-refractivity contribution in [1.29, 1.82) is 0 Å². The van der Waals surface area contributed by atoms with Gasteiger partial charge in [-0.15, -0.1) is 0 Å². The Labute approximate surface area is 108 Å². The van der Waals surface area contributed by atoms with E-state index in [-0.39, 0.29) is 30.5 Å². The van der Waals surface area contributed by atoms with E-state index in [1.807, 2.05) is 0 Å². The van der Waals surface area contributed by atoms with Gasteiger partial charge in [-0.3, -0.25) is 0 Å². The minimum absolute atomic E-state index is 0.0614. The lowest BCUT2D eigenvalue weighted by Gasteiger charge is -2.45. The number of morpholine rings is 1. The Morgan fingerprint density at radius 2 is 1.63 bits per heavy atom. The molecule has 0 radical (unpaired) electrons. The second-order valence-electron chi connectivity index (χ2n) is 5.29. The standard InChI is InChI=1S/C13H14F3NO2/c14-10-1-7(2-11(15)12(10)16)13(18)3-8-5-19-6-9(4-13)17-8/h1-2,8-9,17-18H,3-6H2. The molecule has 2 N–H and O–H groups in total. The fraction of sp³-hybridized carbons (Fsp3) is 0.538. The quantitative estimate of drug-likeness (QED) is 0.761. The highest BCUT2D eigenvalue weighted by Crippen LogP contribution is 2.37. The van der Waals surface area contributed by atoms with Crippen LogP contribution in [0.4, 0.5) is 13.2 Å². The zero-order valence-electron chi connectivity index (χ0n) is 10.1. The van der Waals surface area contributed by atoms with E-state index in [0.717, 1.165) is 12.1 Å². The average molecular weight is 273 g/mol. The van der Waals surface area contributed by atoms with E-state index in [0.29, 0.717) is 13.2 Å². The topological polar surface area (TPSA) is 41.5 Å². The highest BCUT2D eigenvalue weighted by atomic mass is 19.2. The maximum absolute atomic E-state index is 13.3. The van der Waals surface area contributed by atoms with Crippen LogP contribution in [0.1, 0.15) is 18.4 Å². The number of rotatable bonds is 1. The Balaban J connectivity index is 1.96. The number of fused-ring (bicyclic) bond motifs is 2. The van der Waals surface area contributed by atoms with Crippen molar-refractivity contribution in [2.24, 2.45) is 0 Å². The first-order chi connectivity index (χ1) is 8.98. The Morgan fingerprint density at radius 1 is 1.11 bits per heavy atom. The molecule has 1 aromatic rings. The first-order valence-electron chi connectivity index (χ1n) is 6.19. The van der Waals surface area contributed by atoms with Gasteiger partial charge in [0.05, 0.1) is 18.8 Å². The molecular weight excluding hydrogens is 259 g/mol. The SMILES string of the molecule is OC1(c2cc(F)c(F)c(F)c2)CC2COCC(C1)N2. The first-order valence-corrected chi connectivity index (χ1v) is 6.19. The maximum Gasteiger partial charge on any atom is 0.194 e. The normalized spacial score (nSPS) is 34.3. The van der Waals surface area contributed by atoms with Crippen molar-refractivity contribution in [2.75, 3.05) is 13.2 Å². The molecule has 3 rings (SSSR count). The van der Waals surface area contributed by atoms with E-state index in [4.69, 9.17) is 4.74 Å². The molecule has 0 aromatic heterocycles. The molecule has 3 nitrogen and oxygen atoms in total. The van der Waals surface area contributed by atoms with Gasteiger partial charge in [-0.25, -0.2) is 13.2 Å². The number of benzene rings is 1. The van der Waals surface area contributed by atoms with Gasteiger partial charge in [-0.05, 0) is 30.5 Å². The average Bonchev–Trinajstić information content (AvgIpc) is 2.34. The molecule has 1 aromatic carbocycles. The highest BCUT2D eigenvalue weighted by molar-refractivity contribution is 5.27. The van der Waals surface area contributed by atoms with Crippen molar-refractivity contribution in [3.63, 3.8) is 0 Å². The van der Waals surface area contributed by atoms with Gasteiger partial charge < -0.3 is 15.2 Å². The van der Waals surface area contributed by atoms with Gasteiger partial charge in [-0.1, -0.05) is 0 Å². The molecule has 2 heterocycles. The molecule has 2 bridgehead atoms. The van der Waals surface area contributed by atoms with E-state index >= 15 is 0 Å². The van der Waals surface area contributed by atoms with Gasteiger partial charge in [0.25, 0.3) is 0 Å². The molecule has 2 aliphatic rings. The number of ether oxygens (including phenoxy) is 1. The Hall–Kier alpha value is -1.11. The largest absolute Gasteiger partial charge is 0.385 e. The number of hydrogen-bond acceptors (Lipinski definition) is 3. The smallest absolute Gasteiger partial charge is 0.194 e. The molecule has 0 aliphatic carbocycles. The highest BCUT2D eigenvalue weighted by Gasteiger charge is 2.42. The van der Waals surface area contributed by atoms with Crippen LogP contribution in [-0.4, -0.2) is 30.4 Å². The van der Waals surface area contributed by atoms with Crippen molar-refractivity contribution in [3.05, 3.63) is 35.1 Å². The molecular formula is C13H14F3NO2. The molecule has 0 amide bonds. The van der Waals surface area contributed by atoms with Gasteiger partial charge in [0.15, 0.2) is 17.5 Å². The summed E-state index contributed by atoms with van der Waals surface area (Å²) in [4.78, 5) is 0. The summed E-state index contributed by atoms with van der Waals surface area (Å²) in [6.07, 6.45) is 0.571. The lowest BCUT2D eigenvalue weighted by atomic mass is 9.78. The predicted molar refractivity (Wildman–Crippen MR) is 61.0 cm³/mol. The first kappa shape index (κ1) is 12.9. The number of nitrogens with one attached hydrogen (secondary N) is 1. The molecule has 2 aliphatic heterocycles. The molecule has 2 saturated heterocycles. The third-order valence-corrected chi connectivity index (χ3v) is 3.80. The molecule has 104 valence electrons. The van der Waals surface area contributed by atoms with E-state index < -0.39 is 23.1 Å². The van der Waals surface area contributed by atoms with Gasteiger partial charge in [0, 0.05) is 12.1 Å². The Kier molecular flexibility index (Phi) is 3.03. The van der Waals surface area contributed by atoms with Gasteiger partial charge in [0.1, 0.15) is 0 Å². The van der Waals surface area contributed by atoms with E-state index in [1.165, 1.54) is 0 Å². The van der Waals surface area contributed by atoms with Crippen LogP contribution in [0, 0.1) is 17.5 Å². The minimum Gasteiger partial charge on any atom is -0.385 e. The van der Waals surface area contributed by atoms with Gasteiger partial charge in [0.2, 0.25) is 0 Å². The van der Waals surface area contributed by atoms with E-state index in [1.54, 1.807) is 0 Å². The van der Waals surface area contributed by atoms with Crippen molar-refractivity contribution < 1.29 is 23.0 Å². The Bertz CT molecular complexity index is 474. The number of aliphatic hydroxyl groups is 1. The summed E-state index contributed by atoms with van der Waals surface area (Å²) in [5.41, 5.74) is -1.26. The van der Waals surface area contributed by atoms with Crippen molar-refractivity contribution in [2.45, 2.75) is 30.5 Å². The second kappa shape index (κ2) is 4.47. The maximum atomic E-state index is 13.3. The lowest BCUT2D eigenvalue weighted by molar-refractivity contribution is -0.0805. The summed E-state index contributed by atoms with van der Waals surface area (Å²) >= 11 is 0. The third kappa shape index (κ3) is 2.24. The molecule has 2 fully saturated rings. The van der Waals surface area contributed by atoms with Crippen molar-refractivity contribution in [3.8, 4) is 0 Å². The number of piperidine rings is 1. The fourth-order valence-corrected chi connectivity index (χ4v) is 2.98. The fourth-order valence-electron chi connectivity index (χ4n) is 2.98. The van der Waals surface area contributed by atoms with Crippen LogP contribution in [0.25, 0.3) is 0 Å². The number of hydrogen-bond donors (Lipinski definition) is 2. The monoisotopic (exact) mass is 273 g/mol. The summed E-state index contributed by atoms with van der Waals surface area (Å²) in [6, 6.07) is 1.63. The van der Waals surface area contributed by atoms with Crippen LogP contribution in [-0.2, 0) is 10.3 Å². The van der Waals surface area contributed by atoms with Crippen LogP contribution in [0.15, 0.2) is 12.1 Å². The summed E-state index contributed by atoms with van der Waals surface area (Å²) in [5.74, 6) is -4.06. The van der Waals surface area contributed by atoms with E-state index in [9.17, 15) is 18.3 Å². The van der Waals surface area contributed by atoms with Crippen LogP contribution < -0.4 is 5.32 Å². The number of halogens is 3. The van der Waals surface area contributed by atoms with Crippen molar-refractivity contribution >= 4 is 0 Å². The van der Waals surface area contributed by atoms with Crippen LogP contribution in [0.2, 0.25) is 0 Å². The summed E-state index contributed by atoms with van der Waals surface area (Å²) in [7, 11) is 0. The van der Waals surface area contributed by atoms with Gasteiger partial charge in [-0.2, -0.15) is 0 Å². The van der Waals surface area contributed by atoms with E-state index in [2.05, 4.69) is 5.32 Å². The minimum atomic E-state index is -1.51. The molecule has 0 saturated carbocycles. The third-order valence-electron chi connectivity index (χ3n) is 3.80. The zero-order valence-corrected chi connectivity index (χ0v) is 10.1. The zero-order chi connectivity index (χ0) is 13.6. The summed E-state index contributed by atoms with van der Waals surface area (Å²) in [5, 5.41) is 13.9.